The normalized spacial score (nSPS) is 13.4. The van der Waals surface area contributed by atoms with Crippen molar-refractivity contribution in [2.45, 2.75) is 31.2 Å². The SMILES string of the molecule is CC(C)C[C@@H](NS(=O)(=O)c1ccc2[nH]c(=O)[nH]c2c1)c1ccccc1. The Balaban J connectivity index is 1.94. The van der Waals surface area contributed by atoms with Crippen LogP contribution in [-0.2, 0) is 10.0 Å². The lowest BCUT2D eigenvalue weighted by molar-refractivity contribution is 0.472. The second-order valence-corrected chi connectivity index (χ2v) is 8.21. The summed E-state index contributed by atoms with van der Waals surface area (Å²) in [6.07, 6.45) is 0.687. The molecule has 0 saturated carbocycles. The molecule has 6 nitrogen and oxygen atoms in total. The van der Waals surface area contributed by atoms with Crippen LogP contribution in [0.15, 0.2) is 58.2 Å². The largest absolute Gasteiger partial charge is 0.323 e. The van der Waals surface area contributed by atoms with Gasteiger partial charge in [0, 0.05) is 6.04 Å². The van der Waals surface area contributed by atoms with Crippen LogP contribution in [0.5, 0.6) is 0 Å². The third kappa shape index (κ3) is 4.00. The van der Waals surface area contributed by atoms with Gasteiger partial charge in [-0.1, -0.05) is 44.2 Å². The molecule has 1 heterocycles. The minimum Gasteiger partial charge on any atom is -0.306 e. The van der Waals surface area contributed by atoms with Crippen LogP contribution in [0.2, 0.25) is 0 Å². The van der Waals surface area contributed by atoms with Gasteiger partial charge in [-0.25, -0.2) is 17.9 Å². The fraction of sp³-hybridized carbons (Fsp3) is 0.278. The number of aromatic nitrogens is 2. The van der Waals surface area contributed by atoms with E-state index in [4.69, 9.17) is 0 Å². The van der Waals surface area contributed by atoms with E-state index < -0.39 is 10.0 Å². The molecule has 0 radical (unpaired) electrons. The van der Waals surface area contributed by atoms with Crippen LogP contribution in [-0.4, -0.2) is 18.4 Å². The highest BCUT2D eigenvalue weighted by molar-refractivity contribution is 7.89. The fourth-order valence-corrected chi connectivity index (χ4v) is 4.11. The topological polar surface area (TPSA) is 94.8 Å². The minimum absolute atomic E-state index is 0.125. The number of hydrogen-bond acceptors (Lipinski definition) is 3. The van der Waals surface area contributed by atoms with E-state index in [0.717, 1.165) is 5.56 Å². The number of nitrogens with one attached hydrogen (secondary N) is 3. The molecule has 0 aliphatic heterocycles. The summed E-state index contributed by atoms with van der Waals surface area (Å²) in [6.45, 7) is 4.11. The first-order valence-electron chi connectivity index (χ1n) is 8.14. The molecular weight excluding hydrogens is 338 g/mol. The van der Waals surface area contributed by atoms with Crippen molar-refractivity contribution < 1.29 is 8.42 Å². The zero-order valence-electron chi connectivity index (χ0n) is 14.1. The summed E-state index contributed by atoms with van der Waals surface area (Å²) in [5.41, 5.74) is 1.61. The van der Waals surface area contributed by atoms with Gasteiger partial charge in [-0.05, 0) is 36.1 Å². The maximum absolute atomic E-state index is 12.8. The summed E-state index contributed by atoms with van der Waals surface area (Å²) in [4.78, 5) is 16.7. The van der Waals surface area contributed by atoms with Gasteiger partial charge in [-0.3, -0.25) is 0 Å². The van der Waals surface area contributed by atoms with Gasteiger partial charge >= 0.3 is 5.69 Å². The van der Waals surface area contributed by atoms with E-state index in [-0.39, 0.29) is 16.6 Å². The molecule has 3 aromatic rings. The van der Waals surface area contributed by atoms with Gasteiger partial charge in [-0.2, -0.15) is 0 Å². The van der Waals surface area contributed by atoms with Crippen LogP contribution in [0.3, 0.4) is 0 Å². The molecule has 0 aliphatic rings. The number of benzene rings is 2. The van der Waals surface area contributed by atoms with Gasteiger partial charge in [0.15, 0.2) is 0 Å². The molecular formula is C18H21N3O3S. The van der Waals surface area contributed by atoms with E-state index >= 15 is 0 Å². The molecule has 0 aliphatic carbocycles. The van der Waals surface area contributed by atoms with E-state index in [2.05, 4.69) is 28.5 Å². The molecule has 1 aromatic heterocycles. The Labute approximate surface area is 146 Å². The third-order valence-electron chi connectivity index (χ3n) is 4.00. The summed E-state index contributed by atoms with van der Waals surface area (Å²) in [6, 6.07) is 13.8. The maximum atomic E-state index is 12.8. The van der Waals surface area contributed by atoms with E-state index in [1.807, 2.05) is 30.3 Å². The molecule has 0 fully saturated rings. The zero-order chi connectivity index (χ0) is 18.0. The summed E-state index contributed by atoms with van der Waals surface area (Å²) in [5, 5.41) is 0. The Bertz CT molecular complexity index is 1020. The standard InChI is InChI=1S/C18H21N3O3S/c1-12(2)10-16(13-6-4-3-5-7-13)21-25(23,24)14-8-9-15-17(11-14)20-18(22)19-15/h3-9,11-12,16,21H,10H2,1-2H3,(H2,19,20,22)/t16-/m1/s1. The first-order chi connectivity index (χ1) is 11.8. The second-order valence-electron chi connectivity index (χ2n) is 6.50. The van der Waals surface area contributed by atoms with Crippen molar-refractivity contribution in [3.05, 3.63) is 64.6 Å². The van der Waals surface area contributed by atoms with Crippen molar-refractivity contribution in [2.75, 3.05) is 0 Å². The van der Waals surface area contributed by atoms with Gasteiger partial charge < -0.3 is 9.97 Å². The lowest BCUT2D eigenvalue weighted by Crippen LogP contribution is -2.29. The summed E-state index contributed by atoms with van der Waals surface area (Å²) in [5.74, 6) is 0.330. The quantitative estimate of drug-likeness (QED) is 0.631. The number of hydrogen-bond donors (Lipinski definition) is 3. The average molecular weight is 359 g/mol. The van der Waals surface area contributed by atoms with Crippen LogP contribution in [0, 0.1) is 5.92 Å². The van der Waals surface area contributed by atoms with Crippen molar-refractivity contribution >= 4 is 21.1 Å². The van der Waals surface area contributed by atoms with E-state index in [9.17, 15) is 13.2 Å². The Kier molecular flexibility index (Phi) is 4.78. The van der Waals surface area contributed by atoms with Crippen LogP contribution in [0.25, 0.3) is 11.0 Å². The highest BCUT2D eigenvalue weighted by atomic mass is 32.2. The first-order valence-corrected chi connectivity index (χ1v) is 9.63. The van der Waals surface area contributed by atoms with Gasteiger partial charge in [0.25, 0.3) is 0 Å². The molecule has 3 rings (SSSR count). The lowest BCUT2D eigenvalue weighted by atomic mass is 9.98. The number of rotatable bonds is 6. The van der Waals surface area contributed by atoms with E-state index in [1.165, 1.54) is 12.1 Å². The molecule has 0 bridgehead atoms. The molecule has 7 heteroatoms. The van der Waals surface area contributed by atoms with Crippen molar-refractivity contribution in [2.24, 2.45) is 5.92 Å². The average Bonchev–Trinajstić information content (AvgIpc) is 2.93. The molecule has 0 saturated heterocycles. The van der Waals surface area contributed by atoms with Gasteiger partial charge in [-0.15, -0.1) is 0 Å². The highest BCUT2D eigenvalue weighted by Crippen LogP contribution is 2.24. The molecule has 132 valence electrons. The third-order valence-corrected chi connectivity index (χ3v) is 5.47. The molecule has 0 unspecified atom stereocenters. The zero-order valence-corrected chi connectivity index (χ0v) is 14.9. The maximum Gasteiger partial charge on any atom is 0.323 e. The second kappa shape index (κ2) is 6.85. The van der Waals surface area contributed by atoms with Gasteiger partial charge in [0.1, 0.15) is 0 Å². The van der Waals surface area contributed by atoms with E-state index in [1.54, 1.807) is 6.07 Å². The fourth-order valence-electron chi connectivity index (χ4n) is 2.84. The molecule has 2 aromatic carbocycles. The Morgan fingerprint density at radius 1 is 1.00 bits per heavy atom. The number of imidazole rings is 1. The van der Waals surface area contributed by atoms with Gasteiger partial charge in [0.05, 0.1) is 15.9 Å². The molecule has 25 heavy (non-hydrogen) atoms. The van der Waals surface area contributed by atoms with Crippen LogP contribution >= 0.6 is 0 Å². The minimum atomic E-state index is -3.72. The number of aromatic amines is 2. The Hall–Kier alpha value is -2.38. The summed E-state index contributed by atoms with van der Waals surface area (Å²) in [7, 11) is -3.72. The molecule has 1 atom stereocenters. The number of fused-ring (bicyclic) bond motifs is 1. The van der Waals surface area contributed by atoms with Crippen LogP contribution < -0.4 is 10.4 Å². The van der Waals surface area contributed by atoms with Crippen molar-refractivity contribution in [1.29, 1.82) is 0 Å². The number of H-pyrrole nitrogens is 2. The van der Waals surface area contributed by atoms with Crippen molar-refractivity contribution in [1.82, 2.24) is 14.7 Å². The summed E-state index contributed by atoms with van der Waals surface area (Å²) >= 11 is 0. The Morgan fingerprint density at radius 3 is 2.36 bits per heavy atom. The monoisotopic (exact) mass is 359 g/mol. The van der Waals surface area contributed by atoms with E-state index in [0.29, 0.717) is 23.4 Å². The first kappa shape index (κ1) is 17.4. The van der Waals surface area contributed by atoms with Crippen molar-refractivity contribution in [3.8, 4) is 0 Å². The predicted molar refractivity (Wildman–Crippen MR) is 97.9 cm³/mol. The highest BCUT2D eigenvalue weighted by Gasteiger charge is 2.22. The summed E-state index contributed by atoms with van der Waals surface area (Å²) < 4.78 is 28.5. The van der Waals surface area contributed by atoms with Crippen molar-refractivity contribution in [3.63, 3.8) is 0 Å². The lowest BCUT2D eigenvalue weighted by Gasteiger charge is -2.21. The van der Waals surface area contributed by atoms with Gasteiger partial charge in [0.2, 0.25) is 10.0 Å². The molecule has 0 spiro atoms. The number of sulfonamides is 1. The van der Waals surface area contributed by atoms with Crippen LogP contribution in [0.1, 0.15) is 31.9 Å². The Morgan fingerprint density at radius 2 is 1.68 bits per heavy atom. The molecule has 0 amide bonds. The predicted octanol–water partition coefficient (Wildman–Crippen LogP) is 2.92. The van der Waals surface area contributed by atoms with Crippen LogP contribution in [0.4, 0.5) is 0 Å². The molecule has 3 N–H and O–H groups in total. The smallest absolute Gasteiger partial charge is 0.306 e.